The van der Waals surface area contributed by atoms with E-state index >= 15 is 0 Å². The maximum atomic E-state index is 5.99. The van der Waals surface area contributed by atoms with Gasteiger partial charge in [-0.1, -0.05) is 0 Å². The number of alkyl halides is 1. The van der Waals surface area contributed by atoms with E-state index in [0.29, 0.717) is 6.04 Å². The van der Waals surface area contributed by atoms with Crippen molar-refractivity contribution in [1.82, 2.24) is 4.90 Å². The molecule has 1 fully saturated rings. The van der Waals surface area contributed by atoms with E-state index in [1.165, 1.54) is 5.71 Å². The molecule has 0 bridgehead atoms. The number of halogens is 1. The maximum absolute atomic E-state index is 5.99. The normalized spacial score (nSPS) is 31.2. The zero-order chi connectivity index (χ0) is 7.89. The van der Waals surface area contributed by atoms with Crippen molar-refractivity contribution in [2.24, 2.45) is 0 Å². The molecule has 0 radical (unpaired) electrons. The summed E-state index contributed by atoms with van der Waals surface area (Å²) in [4.78, 5) is 2.15. The van der Waals surface area contributed by atoms with Crippen LogP contribution in [0.4, 0.5) is 0 Å². The molecular formula is C7H14ClN2+. The summed E-state index contributed by atoms with van der Waals surface area (Å²) >= 11 is 5.99. The van der Waals surface area contributed by atoms with Gasteiger partial charge in [-0.3, -0.25) is 4.90 Å². The van der Waals surface area contributed by atoms with Gasteiger partial charge in [-0.25, -0.2) is 4.58 Å². The highest BCUT2D eigenvalue weighted by atomic mass is 35.5. The van der Waals surface area contributed by atoms with Gasteiger partial charge in [0.2, 0.25) is 0 Å². The van der Waals surface area contributed by atoms with E-state index in [-0.39, 0.29) is 5.38 Å². The topological polar surface area (TPSA) is 6.25 Å². The van der Waals surface area contributed by atoms with Crippen LogP contribution < -0.4 is 0 Å². The average molecular weight is 162 g/mol. The Morgan fingerprint density at radius 1 is 1.40 bits per heavy atom. The zero-order valence-electron chi connectivity index (χ0n) is 6.93. The van der Waals surface area contributed by atoms with E-state index in [0.717, 1.165) is 0 Å². The van der Waals surface area contributed by atoms with Crippen LogP contribution in [0, 0.1) is 0 Å². The number of nitrogens with zero attached hydrogens (tertiary/aromatic N) is 2. The Hall–Kier alpha value is -0.0800. The Kier molecular flexibility index (Phi) is 2.02. The Morgan fingerprint density at radius 2 is 1.90 bits per heavy atom. The molecule has 0 saturated heterocycles. The first-order valence-corrected chi connectivity index (χ1v) is 3.84. The minimum Gasteiger partial charge on any atom is -0.296 e. The van der Waals surface area contributed by atoms with Crippen LogP contribution >= 0.6 is 11.6 Å². The van der Waals surface area contributed by atoms with Crippen LogP contribution in [0.5, 0.6) is 0 Å². The molecule has 0 aromatic rings. The molecule has 2 nitrogen and oxygen atoms in total. The van der Waals surface area contributed by atoms with Crippen molar-refractivity contribution >= 4 is 17.3 Å². The molecule has 0 amide bonds. The van der Waals surface area contributed by atoms with E-state index in [1.54, 1.807) is 0 Å². The molecule has 3 heteroatoms. The van der Waals surface area contributed by atoms with Gasteiger partial charge in [0.25, 0.3) is 0 Å². The lowest BCUT2D eigenvalue weighted by atomic mass is 10.6. The fourth-order valence-corrected chi connectivity index (χ4v) is 1.85. The molecule has 1 aliphatic carbocycles. The Labute approximate surface area is 67.1 Å². The summed E-state index contributed by atoms with van der Waals surface area (Å²) in [7, 11) is 8.18. The number of hydrogen-bond acceptors (Lipinski definition) is 1. The summed E-state index contributed by atoms with van der Waals surface area (Å²) in [5.41, 5.74) is 1.33. The van der Waals surface area contributed by atoms with Crippen LogP contribution in [0.2, 0.25) is 0 Å². The highest BCUT2D eigenvalue weighted by molar-refractivity contribution is 6.42. The second-order valence-electron chi connectivity index (χ2n) is 3.13. The minimum absolute atomic E-state index is 0.241. The van der Waals surface area contributed by atoms with Crippen LogP contribution in [0.25, 0.3) is 0 Å². The lowest BCUT2D eigenvalue weighted by Gasteiger charge is -2.02. The van der Waals surface area contributed by atoms with Gasteiger partial charge >= 0.3 is 0 Å². The minimum atomic E-state index is 0.241. The molecule has 10 heavy (non-hydrogen) atoms. The molecule has 1 saturated carbocycles. The highest BCUT2D eigenvalue weighted by Gasteiger charge is 2.53. The van der Waals surface area contributed by atoms with Crippen molar-refractivity contribution in [2.75, 3.05) is 28.2 Å². The Bertz CT molecular complexity index is 170. The first-order chi connectivity index (χ1) is 4.55. The molecule has 0 aromatic carbocycles. The second kappa shape index (κ2) is 2.51. The SMILES string of the molecule is CN(C)C1C(=[N+](C)C)C1Cl. The first-order valence-electron chi connectivity index (χ1n) is 3.40. The van der Waals surface area contributed by atoms with Gasteiger partial charge in [0.15, 0.2) is 5.71 Å². The predicted molar refractivity (Wildman–Crippen MR) is 44.2 cm³/mol. The Balaban J connectivity index is 2.66. The molecule has 1 rings (SSSR count). The third kappa shape index (κ3) is 1.18. The van der Waals surface area contributed by atoms with Crippen molar-refractivity contribution in [2.45, 2.75) is 11.4 Å². The smallest absolute Gasteiger partial charge is 0.191 e. The molecule has 0 heterocycles. The molecular weight excluding hydrogens is 148 g/mol. The van der Waals surface area contributed by atoms with Gasteiger partial charge in [-0.2, -0.15) is 0 Å². The number of rotatable bonds is 1. The van der Waals surface area contributed by atoms with Crippen LogP contribution in [0.3, 0.4) is 0 Å². The van der Waals surface area contributed by atoms with Crippen LogP contribution in [0.15, 0.2) is 0 Å². The van der Waals surface area contributed by atoms with Gasteiger partial charge < -0.3 is 0 Å². The third-order valence-corrected chi connectivity index (χ3v) is 2.29. The van der Waals surface area contributed by atoms with Gasteiger partial charge in [0, 0.05) is 0 Å². The zero-order valence-corrected chi connectivity index (χ0v) is 7.68. The van der Waals surface area contributed by atoms with E-state index in [9.17, 15) is 0 Å². The fraction of sp³-hybridized carbons (Fsp3) is 0.857. The highest BCUT2D eigenvalue weighted by Crippen LogP contribution is 2.28. The van der Waals surface area contributed by atoms with Crippen molar-refractivity contribution in [1.29, 1.82) is 0 Å². The van der Waals surface area contributed by atoms with Crippen molar-refractivity contribution in [3.8, 4) is 0 Å². The molecule has 0 spiro atoms. The molecule has 1 aliphatic rings. The lowest BCUT2D eigenvalue weighted by molar-refractivity contribution is -0.462. The number of hydrogen-bond donors (Lipinski definition) is 0. The first kappa shape index (κ1) is 8.02. The van der Waals surface area contributed by atoms with E-state index in [1.807, 2.05) is 14.1 Å². The standard InChI is InChI=1S/C7H14ClN2/c1-9(2)6-5(8)7(6)10(3)4/h5-6H,1-4H3/q+1. The molecule has 2 unspecified atom stereocenters. The van der Waals surface area contributed by atoms with Crippen LogP contribution in [-0.4, -0.2) is 54.8 Å². The van der Waals surface area contributed by atoms with Crippen molar-refractivity contribution in [3.05, 3.63) is 0 Å². The van der Waals surface area contributed by atoms with Crippen molar-refractivity contribution in [3.63, 3.8) is 0 Å². The second-order valence-corrected chi connectivity index (χ2v) is 3.60. The molecule has 58 valence electrons. The van der Waals surface area contributed by atoms with E-state index in [2.05, 4.69) is 23.6 Å². The average Bonchev–Trinajstić information content (AvgIpc) is 2.40. The van der Waals surface area contributed by atoms with E-state index in [4.69, 9.17) is 11.6 Å². The molecule has 0 N–H and O–H groups in total. The summed E-state index contributed by atoms with van der Waals surface area (Å²) in [5, 5.41) is 0.241. The van der Waals surface area contributed by atoms with Gasteiger partial charge in [-0.15, -0.1) is 11.6 Å². The summed E-state index contributed by atoms with van der Waals surface area (Å²) in [6.07, 6.45) is 0. The van der Waals surface area contributed by atoms with E-state index < -0.39 is 0 Å². The third-order valence-electron chi connectivity index (χ3n) is 1.83. The van der Waals surface area contributed by atoms with Crippen LogP contribution in [0.1, 0.15) is 0 Å². The van der Waals surface area contributed by atoms with Gasteiger partial charge in [0.05, 0.1) is 0 Å². The van der Waals surface area contributed by atoms with Crippen molar-refractivity contribution < 1.29 is 4.58 Å². The predicted octanol–water partition coefficient (Wildman–Crippen LogP) is 0.251. The monoisotopic (exact) mass is 161 g/mol. The molecule has 2 atom stereocenters. The summed E-state index contributed by atoms with van der Waals surface area (Å²) in [6, 6.07) is 0.469. The maximum Gasteiger partial charge on any atom is 0.191 e. The quantitative estimate of drug-likeness (QED) is 0.395. The summed E-state index contributed by atoms with van der Waals surface area (Å²) in [6.45, 7) is 0. The summed E-state index contributed by atoms with van der Waals surface area (Å²) in [5.74, 6) is 0. The molecule has 0 aromatic heterocycles. The molecule has 0 aliphatic heterocycles. The van der Waals surface area contributed by atoms with Gasteiger partial charge in [-0.05, 0) is 14.1 Å². The van der Waals surface area contributed by atoms with Crippen LogP contribution in [-0.2, 0) is 0 Å². The fourth-order valence-electron chi connectivity index (χ4n) is 1.24. The summed E-state index contributed by atoms with van der Waals surface area (Å²) < 4.78 is 2.10. The Morgan fingerprint density at radius 3 is 2.00 bits per heavy atom. The lowest BCUT2D eigenvalue weighted by Crippen LogP contribution is -2.19. The largest absolute Gasteiger partial charge is 0.296 e. The van der Waals surface area contributed by atoms with Gasteiger partial charge in [0.1, 0.15) is 25.5 Å².